The molecule has 0 spiro atoms. The number of fused-ring (bicyclic) bond motifs is 1. The molecule has 6 nitrogen and oxygen atoms in total. The number of nitrogens with zero attached hydrogens (tertiary/aromatic N) is 3. The van der Waals surface area contributed by atoms with Crippen LogP contribution in [0.25, 0.3) is 10.8 Å². The molecule has 0 radical (unpaired) electrons. The minimum absolute atomic E-state index is 0.0194. The van der Waals surface area contributed by atoms with E-state index in [1.807, 2.05) is 37.6 Å². The van der Waals surface area contributed by atoms with Crippen molar-refractivity contribution in [3.05, 3.63) is 29.2 Å². The van der Waals surface area contributed by atoms with Gasteiger partial charge in [0.05, 0.1) is 30.3 Å². The second-order valence-corrected chi connectivity index (χ2v) is 8.32. The van der Waals surface area contributed by atoms with E-state index >= 15 is 0 Å². The molecule has 0 saturated heterocycles. The van der Waals surface area contributed by atoms with E-state index in [1.165, 1.54) is 25.1 Å². The number of halogens is 1. The van der Waals surface area contributed by atoms with Crippen LogP contribution in [0, 0.1) is 5.92 Å². The van der Waals surface area contributed by atoms with Crippen molar-refractivity contribution in [3.8, 4) is 5.88 Å². The fraction of sp³-hybridized carbons (Fsp3) is 0.556. The van der Waals surface area contributed by atoms with Crippen LogP contribution in [-0.4, -0.2) is 41.1 Å². The summed E-state index contributed by atoms with van der Waals surface area (Å²) in [5, 5.41) is 2.27. The van der Waals surface area contributed by atoms with Gasteiger partial charge in [0.1, 0.15) is 5.15 Å². The van der Waals surface area contributed by atoms with E-state index in [1.54, 1.807) is 6.20 Å². The molecule has 1 aliphatic rings. The largest absolute Gasteiger partial charge is 0.477 e. The van der Waals surface area contributed by atoms with E-state index in [2.05, 4.69) is 9.97 Å². The summed E-state index contributed by atoms with van der Waals surface area (Å²) < 4.78 is 13.4. The predicted octanol–water partition coefficient (Wildman–Crippen LogP) is 3.99. The van der Waals surface area contributed by atoms with E-state index in [9.17, 15) is 0 Å². The van der Waals surface area contributed by atoms with Gasteiger partial charge in [-0.15, -0.1) is 0 Å². The van der Waals surface area contributed by atoms with Gasteiger partial charge in [-0.1, -0.05) is 11.6 Å². The fourth-order valence-corrected chi connectivity index (χ4v) is 3.30. The maximum Gasteiger partial charge on any atom is 0.222 e. The van der Waals surface area contributed by atoms with E-state index in [0.29, 0.717) is 23.6 Å². The first-order chi connectivity index (χ1) is 12.5. The van der Waals surface area contributed by atoms with Crippen LogP contribution < -0.4 is 10.5 Å². The summed E-state index contributed by atoms with van der Waals surface area (Å²) in [7, 11) is 3.88. The van der Waals surface area contributed by atoms with Gasteiger partial charge in [-0.05, 0) is 56.8 Å². The van der Waals surface area contributed by atoms with Crippen LogP contribution in [-0.2, 0) is 4.18 Å². The van der Waals surface area contributed by atoms with Gasteiger partial charge in [-0.3, -0.25) is 4.18 Å². The zero-order valence-electron chi connectivity index (χ0n) is 15.3. The molecule has 8 heteroatoms. The van der Waals surface area contributed by atoms with Crippen molar-refractivity contribution in [3.63, 3.8) is 0 Å². The lowest BCUT2D eigenvalue weighted by Crippen LogP contribution is -2.15. The molecule has 2 N–H and O–H groups in total. The summed E-state index contributed by atoms with van der Waals surface area (Å²) in [6.07, 6.45) is 6.70. The molecule has 2 unspecified atom stereocenters. The Hall–Kier alpha value is -1.12. The minimum atomic E-state index is -0.0194. The molecule has 142 valence electrons. The quantitative estimate of drug-likeness (QED) is 0.390. The number of pyridine rings is 2. The van der Waals surface area contributed by atoms with Crippen molar-refractivity contribution < 1.29 is 8.92 Å². The number of aromatic nitrogens is 2. The van der Waals surface area contributed by atoms with Crippen molar-refractivity contribution >= 4 is 34.6 Å². The second-order valence-electron chi connectivity index (χ2n) is 6.87. The Kier molecular flexibility index (Phi) is 6.58. The summed E-state index contributed by atoms with van der Waals surface area (Å²) in [4.78, 5) is 8.69. The first-order valence-corrected chi connectivity index (χ1v) is 9.86. The molecule has 0 aliphatic heterocycles. The average Bonchev–Trinajstić information content (AvgIpc) is 3.44. The van der Waals surface area contributed by atoms with Crippen LogP contribution in [0.5, 0.6) is 5.88 Å². The smallest absolute Gasteiger partial charge is 0.222 e. The highest BCUT2D eigenvalue weighted by Crippen LogP contribution is 2.42. The SMILES string of the molecule is CC(CCOc1ncc(C(N)C2CC2)c2cc(Cl)ncc12)OSN(C)C. The Balaban J connectivity index is 1.72. The molecule has 0 bridgehead atoms. The van der Waals surface area contributed by atoms with Crippen LogP contribution >= 0.6 is 23.8 Å². The second kappa shape index (κ2) is 8.71. The Labute approximate surface area is 163 Å². The third-order valence-corrected chi connectivity index (χ3v) is 5.26. The summed E-state index contributed by atoms with van der Waals surface area (Å²) >= 11 is 7.44. The molecule has 1 saturated carbocycles. The van der Waals surface area contributed by atoms with E-state index in [4.69, 9.17) is 26.3 Å². The number of ether oxygens (including phenoxy) is 1. The van der Waals surface area contributed by atoms with Gasteiger partial charge in [0, 0.05) is 24.9 Å². The highest BCUT2D eigenvalue weighted by atomic mass is 35.5. The van der Waals surface area contributed by atoms with Gasteiger partial charge in [0.15, 0.2) is 0 Å². The molecule has 0 amide bonds. The summed E-state index contributed by atoms with van der Waals surface area (Å²) in [6.45, 7) is 2.53. The molecule has 2 aromatic heterocycles. The summed E-state index contributed by atoms with van der Waals surface area (Å²) in [5.41, 5.74) is 7.41. The maximum atomic E-state index is 6.40. The van der Waals surface area contributed by atoms with Crippen molar-refractivity contribution in [2.75, 3.05) is 20.7 Å². The van der Waals surface area contributed by atoms with E-state index in [-0.39, 0.29) is 12.1 Å². The number of hydrogen-bond donors (Lipinski definition) is 1. The lowest BCUT2D eigenvalue weighted by atomic mass is 10.00. The first kappa shape index (κ1) is 19.6. The summed E-state index contributed by atoms with van der Waals surface area (Å²) in [5.74, 6) is 1.09. The molecule has 1 aliphatic carbocycles. The molecule has 2 aromatic rings. The number of hydrogen-bond acceptors (Lipinski definition) is 7. The lowest BCUT2D eigenvalue weighted by Gasteiger charge is -2.17. The zero-order chi connectivity index (χ0) is 18.7. The Morgan fingerprint density at radius 3 is 2.77 bits per heavy atom. The predicted molar refractivity (Wildman–Crippen MR) is 106 cm³/mol. The number of nitrogens with two attached hydrogens (primary N) is 1. The van der Waals surface area contributed by atoms with E-state index < -0.39 is 0 Å². The molecule has 2 atom stereocenters. The van der Waals surface area contributed by atoms with Crippen molar-refractivity contribution in [1.29, 1.82) is 0 Å². The van der Waals surface area contributed by atoms with E-state index in [0.717, 1.165) is 22.8 Å². The highest BCUT2D eigenvalue weighted by molar-refractivity contribution is 7.92. The molecular formula is C18H25ClN4O2S. The Bertz CT molecular complexity index is 757. The maximum absolute atomic E-state index is 6.40. The summed E-state index contributed by atoms with van der Waals surface area (Å²) in [6, 6.07) is 1.83. The molecule has 26 heavy (non-hydrogen) atoms. The van der Waals surface area contributed by atoms with Gasteiger partial charge in [-0.25, -0.2) is 14.3 Å². The molecule has 2 heterocycles. The normalized spacial score (nSPS) is 16.8. The standard InChI is InChI=1S/C18H25ClN4O2S/c1-11(25-26-23(2)3)6-7-24-18-15-10-21-16(19)8-13(15)14(9-22-18)17(20)12-4-5-12/h8-12,17H,4-7,20H2,1-3H3. The highest BCUT2D eigenvalue weighted by Gasteiger charge is 2.31. The van der Waals surface area contributed by atoms with Crippen LogP contribution in [0.3, 0.4) is 0 Å². The van der Waals surface area contributed by atoms with Gasteiger partial charge in [0.2, 0.25) is 5.88 Å². The third kappa shape index (κ3) is 4.98. The molecule has 3 rings (SSSR count). The van der Waals surface area contributed by atoms with Crippen molar-refractivity contribution in [1.82, 2.24) is 14.3 Å². The zero-order valence-corrected chi connectivity index (χ0v) is 16.9. The molecule has 0 aromatic carbocycles. The number of rotatable bonds is 9. The minimum Gasteiger partial charge on any atom is -0.477 e. The van der Waals surface area contributed by atoms with Crippen LogP contribution in [0.2, 0.25) is 5.15 Å². The van der Waals surface area contributed by atoms with Gasteiger partial charge >= 0.3 is 0 Å². The monoisotopic (exact) mass is 396 g/mol. The van der Waals surface area contributed by atoms with Crippen LogP contribution in [0.4, 0.5) is 0 Å². The van der Waals surface area contributed by atoms with Crippen LogP contribution in [0.1, 0.15) is 37.8 Å². The first-order valence-electron chi connectivity index (χ1n) is 8.79. The Morgan fingerprint density at radius 2 is 2.08 bits per heavy atom. The Morgan fingerprint density at radius 1 is 1.31 bits per heavy atom. The lowest BCUT2D eigenvalue weighted by molar-refractivity contribution is 0.195. The topological polar surface area (TPSA) is 73.5 Å². The third-order valence-electron chi connectivity index (χ3n) is 4.34. The molecule has 1 fully saturated rings. The fourth-order valence-electron chi connectivity index (χ4n) is 2.73. The van der Waals surface area contributed by atoms with Gasteiger partial charge in [-0.2, -0.15) is 0 Å². The van der Waals surface area contributed by atoms with Crippen LogP contribution in [0.15, 0.2) is 18.5 Å². The average molecular weight is 397 g/mol. The van der Waals surface area contributed by atoms with Crippen molar-refractivity contribution in [2.45, 2.75) is 38.3 Å². The van der Waals surface area contributed by atoms with Gasteiger partial charge < -0.3 is 10.5 Å². The molecular weight excluding hydrogens is 372 g/mol. The van der Waals surface area contributed by atoms with Crippen molar-refractivity contribution in [2.24, 2.45) is 11.7 Å². The van der Waals surface area contributed by atoms with Gasteiger partial charge in [0.25, 0.3) is 0 Å².